The first-order valence-corrected chi connectivity index (χ1v) is 10.5. The van der Waals surface area contributed by atoms with Crippen molar-refractivity contribution in [3.8, 4) is 5.75 Å². The van der Waals surface area contributed by atoms with Gasteiger partial charge in [0.05, 0.1) is 0 Å². The molecule has 0 spiro atoms. The molecule has 0 atom stereocenters. The summed E-state index contributed by atoms with van der Waals surface area (Å²) in [4.78, 5) is 0. The zero-order valence-electron chi connectivity index (χ0n) is 15.4. The van der Waals surface area contributed by atoms with E-state index >= 15 is 0 Å². The van der Waals surface area contributed by atoms with E-state index in [2.05, 4.69) is 77.1 Å². The van der Waals surface area contributed by atoms with Gasteiger partial charge in [-0.3, -0.25) is 0 Å². The van der Waals surface area contributed by atoms with Gasteiger partial charge in [0.1, 0.15) is 0 Å². The minimum atomic E-state index is -1.81. The zero-order chi connectivity index (χ0) is 16.2. The van der Waals surface area contributed by atoms with Crippen LogP contribution in [0.5, 0.6) is 5.75 Å². The van der Waals surface area contributed by atoms with E-state index in [4.69, 9.17) is 3.32 Å². The normalized spacial score (nSPS) is 12.8. The molecule has 0 fully saturated rings. The van der Waals surface area contributed by atoms with Gasteiger partial charge in [0.25, 0.3) is 0 Å². The fourth-order valence-electron chi connectivity index (χ4n) is 2.70. The molecule has 0 N–H and O–H groups in total. The Hall–Kier alpha value is -0.336. The molecule has 1 aromatic carbocycles. The summed E-state index contributed by atoms with van der Waals surface area (Å²) in [6, 6.07) is 8.69. The van der Waals surface area contributed by atoms with Crippen molar-refractivity contribution >= 4 is 28.6 Å². The predicted molar refractivity (Wildman–Crippen MR) is 108 cm³/mol. The number of hydrogen-bond donors (Lipinski definition) is 0. The molecule has 0 unspecified atom stereocenters. The number of halogens is 2. The Labute approximate surface area is 166 Å². The van der Waals surface area contributed by atoms with Crippen LogP contribution in [0.2, 0.25) is 0 Å². The van der Waals surface area contributed by atoms with Crippen molar-refractivity contribution in [2.75, 3.05) is 0 Å². The predicted octanol–water partition coefficient (Wildman–Crippen LogP) is 6.58. The van der Waals surface area contributed by atoms with E-state index in [0.29, 0.717) is 0 Å². The van der Waals surface area contributed by atoms with Gasteiger partial charge in [-0.2, -0.15) is 0 Å². The van der Waals surface area contributed by atoms with E-state index in [1.807, 2.05) is 0 Å². The summed E-state index contributed by atoms with van der Waals surface area (Å²) < 4.78 is 9.78. The first-order chi connectivity index (χ1) is 10.5. The Kier molecular flexibility index (Phi) is 10.5. The van der Waals surface area contributed by atoms with Gasteiger partial charge < -0.3 is 0 Å². The summed E-state index contributed by atoms with van der Waals surface area (Å²) in [5.41, 5.74) is 1.51. The molecule has 2 rings (SSSR count). The molecule has 0 saturated heterocycles. The number of benzene rings is 1. The second-order valence-electron chi connectivity index (χ2n) is 6.84. The molecule has 0 radical (unpaired) electrons. The summed E-state index contributed by atoms with van der Waals surface area (Å²) in [5, 5.41) is 0. The van der Waals surface area contributed by atoms with Crippen LogP contribution in [0.15, 0.2) is 46.4 Å². The maximum atomic E-state index is 6.60. The van der Waals surface area contributed by atoms with E-state index in [9.17, 15) is 0 Å². The molecule has 0 amide bonds. The molecule has 0 aromatic heterocycles. The molecular weight excluding hydrogens is 375 g/mol. The third kappa shape index (κ3) is 6.19. The van der Waals surface area contributed by atoms with E-state index in [1.54, 1.807) is 7.69 Å². The fourth-order valence-corrected chi connectivity index (χ4v) is 6.26. The van der Waals surface area contributed by atoms with Crippen molar-refractivity contribution in [2.24, 2.45) is 0 Å². The summed E-state index contributed by atoms with van der Waals surface area (Å²) in [6.07, 6.45) is 10.1. The third-order valence-corrected chi connectivity index (χ3v) is 8.44. The Morgan fingerprint density at radius 2 is 1.79 bits per heavy atom. The number of rotatable bonds is 5. The van der Waals surface area contributed by atoms with Crippen LogP contribution in [0.3, 0.4) is 0 Å². The smallest absolute Gasteiger partial charge is 0.147 e. The quantitative estimate of drug-likeness (QED) is 0.503. The van der Waals surface area contributed by atoms with Crippen molar-refractivity contribution < 1.29 is 21.1 Å². The van der Waals surface area contributed by atoms with Crippen LogP contribution in [0.25, 0.3) is 0 Å². The van der Waals surface area contributed by atoms with Crippen LogP contribution >= 0.6 is 24.8 Å². The Bertz CT molecular complexity index is 619. The second kappa shape index (κ2) is 10.6. The molecule has 0 bridgehead atoms. The molecule has 0 aliphatic heterocycles. The van der Waals surface area contributed by atoms with Gasteiger partial charge in [-0.1, -0.05) is 0 Å². The molecule has 134 valence electrons. The van der Waals surface area contributed by atoms with Crippen molar-refractivity contribution in [3.63, 3.8) is 0 Å². The van der Waals surface area contributed by atoms with E-state index in [1.165, 1.54) is 5.56 Å². The van der Waals surface area contributed by atoms with Crippen molar-refractivity contribution in [1.82, 2.24) is 0 Å². The molecular formula is C20H30Cl2OTi. The molecule has 0 heterocycles. The van der Waals surface area contributed by atoms with Gasteiger partial charge in [0, 0.05) is 0 Å². The number of hydrogen-bond acceptors (Lipinski definition) is 1. The van der Waals surface area contributed by atoms with Gasteiger partial charge in [0.15, 0.2) is 0 Å². The molecule has 0 saturated carbocycles. The van der Waals surface area contributed by atoms with Gasteiger partial charge in [-0.05, 0) is 0 Å². The van der Waals surface area contributed by atoms with E-state index in [0.717, 1.165) is 25.0 Å². The van der Waals surface area contributed by atoms with Crippen molar-refractivity contribution in [3.05, 3.63) is 51.9 Å². The fraction of sp³-hybridized carbons (Fsp3) is 0.450. The SMILES string of the molecule is CC[C](CC)=[Ti]([O]c1cccc(C(C)(C)C)c1)[C]1=CC=CC1.Cl.Cl. The molecule has 24 heavy (non-hydrogen) atoms. The number of allylic oxidation sites excluding steroid dienone is 4. The maximum Gasteiger partial charge on any atom is -0.147 e. The first-order valence-electron chi connectivity index (χ1n) is 8.32. The van der Waals surface area contributed by atoms with Crippen molar-refractivity contribution in [1.29, 1.82) is 0 Å². The Balaban J connectivity index is 0.00000264. The minimum Gasteiger partial charge on any atom is -0.147 e. The molecule has 1 nitrogen and oxygen atoms in total. The van der Waals surface area contributed by atoms with Crippen LogP contribution in [0, 0.1) is 0 Å². The summed E-state index contributed by atoms with van der Waals surface area (Å²) >= 11 is -1.81. The Morgan fingerprint density at radius 1 is 1.12 bits per heavy atom. The zero-order valence-corrected chi connectivity index (χ0v) is 18.6. The van der Waals surface area contributed by atoms with E-state index in [-0.39, 0.29) is 30.2 Å². The molecule has 4 heteroatoms. The first kappa shape index (κ1) is 23.7. The van der Waals surface area contributed by atoms with Gasteiger partial charge in [-0.25, -0.2) is 0 Å². The topological polar surface area (TPSA) is 9.23 Å². The Morgan fingerprint density at radius 3 is 2.29 bits per heavy atom. The van der Waals surface area contributed by atoms with Gasteiger partial charge >= 0.3 is 142 Å². The van der Waals surface area contributed by atoms with Crippen LogP contribution in [-0.4, -0.2) is 3.81 Å². The third-order valence-electron chi connectivity index (χ3n) is 4.16. The standard InChI is InChI=1S/C10H14O.C5H5.C5H10.2ClH.Ti/c1-10(2,3)8-5-4-6-9(11)7-8;1-2-4-5-3-1;1-3-5-4-2;;;/h4-7,11H,1-3H3;1-3H,4H2;3-4H2,1-2H3;2*1H;/q;;;;;+1/p-1. The van der Waals surface area contributed by atoms with Gasteiger partial charge in [0.2, 0.25) is 0 Å². The summed E-state index contributed by atoms with van der Waals surface area (Å²) in [5.74, 6) is 1.05. The average Bonchev–Trinajstić information content (AvgIpc) is 3.01. The monoisotopic (exact) mass is 404 g/mol. The molecule has 1 aliphatic rings. The van der Waals surface area contributed by atoms with Crippen molar-refractivity contribution in [2.45, 2.75) is 59.3 Å². The molecule has 1 aromatic rings. The van der Waals surface area contributed by atoms with Crippen LogP contribution in [-0.2, 0) is 23.2 Å². The van der Waals surface area contributed by atoms with Crippen LogP contribution in [0.4, 0.5) is 0 Å². The largest absolute Gasteiger partial charge is 0.147 e. The van der Waals surface area contributed by atoms with Crippen LogP contribution < -0.4 is 3.32 Å². The minimum absolute atomic E-state index is 0. The summed E-state index contributed by atoms with van der Waals surface area (Å²) in [7, 11) is 0. The molecule has 1 aliphatic carbocycles. The summed E-state index contributed by atoms with van der Waals surface area (Å²) in [6.45, 7) is 11.3. The average molecular weight is 405 g/mol. The maximum absolute atomic E-state index is 6.60. The van der Waals surface area contributed by atoms with E-state index < -0.39 is 17.8 Å². The van der Waals surface area contributed by atoms with Gasteiger partial charge in [-0.15, -0.1) is 24.8 Å². The van der Waals surface area contributed by atoms with Crippen LogP contribution in [0.1, 0.15) is 59.4 Å². The second-order valence-corrected chi connectivity index (χ2v) is 10.3.